The summed E-state index contributed by atoms with van der Waals surface area (Å²) in [6.45, 7) is 0.181. The largest absolute Gasteiger partial charge is 0.494 e. The lowest BCUT2D eigenvalue weighted by Crippen LogP contribution is -2.62. The van der Waals surface area contributed by atoms with Crippen molar-refractivity contribution in [2.75, 3.05) is 44.9 Å². The molecule has 144 valence electrons. The van der Waals surface area contributed by atoms with E-state index in [1.165, 1.54) is 13.3 Å². The first-order valence-corrected chi connectivity index (χ1v) is 8.09. The van der Waals surface area contributed by atoms with Crippen molar-refractivity contribution in [2.24, 2.45) is 16.8 Å². The van der Waals surface area contributed by atoms with Gasteiger partial charge in [0.05, 0.1) is 19.5 Å². The molecule has 26 heavy (non-hydrogen) atoms. The van der Waals surface area contributed by atoms with Crippen LogP contribution in [-0.4, -0.2) is 68.6 Å². The molecule has 0 saturated carbocycles. The third-order valence-electron chi connectivity index (χ3n) is 4.24. The second-order valence-corrected chi connectivity index (χ2v) is 6.02. The number of carbonyl (C=O) groups is 1. The number of nitrogens with zero attached hydrogens (tertiary/aromatic N) is 3. The number of nitroso groups, excluding NO2 is 1. The maximum Gasteiger partial charge on any atom is 0.234 e. The van der Waals surface area contributed by atoms with E-state index in [2.05, 4.69) is 26.1 Å². The summed E-state index contributed by atoms with van der Waals surface area (Å²) in [4.78, 5) is 29.5. The quantitative estimate of drug-likeness (QED) is 0.491. The average Bonchev–Trinajstić information content (AvgIpc) is 2.63. The molecule has 0 aliphatic carbocycles. The molecule has 1 aromatic rings. The maximum absolute atomic E-state index is 13.5. The number of aromatic nitrogens is 1. The van der Waals surface area contributed by atoms with Crippen molar-refractivity contribution in [3.05, 3.63) is 17.2 Å². The van der Waals surface area contributed by atoms with Crippen LogP contribution in [-0.2, 0) is 4.79 Å². The molecule has 1 aromatic heterocycles. The molecule has 10 nitrogen and oxygen atoms in total. The van der Waals surface area contributed by atoms with Crippen LogP contribution in [0.25, 0.3) is 0 Å². The minimum absolute atomic E-state index is 0.0616. The molecule has 0 aromatic carbocycles. The van der Waals surface area contributed by atoms with Crippen LogP contribution in [0.3, 0.4) is 0 Å². The lowest BCUT2D eigenvalue weighted by molar-refractivity contribution is -0.124. The number of rotatable bonds is 7. The van der Waals surface area contributed by atoms with Crippen LogP contribution >= 0.6 is 0 Å². The predicted molar refractivity (Wildman–Crippen MR) is 95.5 cm³/mol. The number of nitrogens with one attached hydrogen (secondary N) is 3. The smallest absolute Gasteiger partial charge is 0.234 e. The zero-order valence-corrected chi connectivity index (χ0v) is 14.9. The molecule has 5 N–H and O–H groups in total. The lowest BCUT2D eigenvalue weighted by atomic mass is 9.98. The molecule has 4 atom stereocenters. The van der Waals surface area contributed by atoms with Gasteiger partial charge in [0.1, 0.15) is 29.3 Å². The molecule has 4 unspecified atom stereocenters. The van der Waals surface area contributed by atoms with Crippen LogP contribution in [0.1, 0.15) is 0 Å². The van der Waals surface area contributed by atoms with Gasteiger partial charge in [-0.05, 0) is 7.05 Å². The number of methoxy groups -OCH3 is 1. The fourth-order valence-electron chi connectivity index (χ4n) is 2.90. The van der Waals surface area contributed by atoms with E-state index >= 15 is 0 Å². The average molecular weight is 369 g/mol. The standard InChI is InChI=1S/C15H24FN7O3/c1-18-11-4-10(26-3)9(6-19-11)21-15(24)12(13(17)22-25)14-20-5-8(16)7-23(14)2/h4,6,8,12-14,20H,5,7,17H2,1-3H3,(H,18,19)(H,21,24). The van der Waals surface area contributed by atoms with E-state index in [4.69, 9.17) is 10.5 Å². The highest BCUT2D eigenvalue weighted by atomic mass is 19.1. The Morgan fingerprint density at radius 1 is 1.62 bits per heavy atom. The molecular weight excluding hydrogens is 345 g/mol. The first kappa shape index (κ1) is 19.9. The first-order chi connectivity index (χ1) is 12.4. The second kappa shape index (κ2) is 8.83. The van der Waals surface area contributed by atoms with Gasteiger partial charge in [-0.1, -0.05) is 5.18 Å². The number of anilines is 2. The fourth-order valence-corrected chi connectivity index (χ4v) is 2.90. The highest BCUT2D eigenvalue weighted by Gasteiger charge is 2.40. The monoisotopic (exact) mass is 369 g/mol. The maximum atomic E-state index is 13.5. The summed E-state index contributed by atoms with van der Waals surface area (Å²) in [5.74, 6) is -0.627. The number of amides is 1. The van der Waals surface area contributed by atoms with Gasteiger partial charge in [-0.25, -0.2) is 9.37 Å². The van der Waals surface area contributed by atoms with E-state index in [-0.39, 0.29) is 13.1 Å². The van der Waals surface area contributed by atoms with Crippen LogP contribution in [0.5, 0.6) is 5.75 Å². The van der Waals surface area contributed by atoms with E-state index in [0.29, 0.717) is 17.3 Å². The van der Waals surface area contributed by atoms with Crippen LogP contribution in [0.2, 0.25) is 0 Å². The van der Waals surface area contributed by atoms with Crippen LogP contribution in [0.4, 0.5) is 15.9 Å². The van der Waals surface area contributed by atoms with E-state index in [9.17, 15) is 14.1 Å². The van der Waals surface area contributed by atoms with Gasteiger partial charge in [-0.3, -0.25) is 15.0 Å². The Hall–Kier alpha value is -2.37. The Morgan fingerprint density at radius 3 is 2.92 bits per heavy atom. The third-order valence-corrected chi connectivity index (χ3v) is 4.24. The summed E-state index contributed by atoms with van der Waals surface area (Å²) in [5.41, 5.74) is 6.08. The number of nitrogens with two attached hydrogens (primary N) is 1. The molecule has 1 aliphatic rings. The molecule has 0 radical (unpaired) electrons. The molecule has 11 heteroatoms. The van der Waals surface area contributed by atoms with Crippen molar-refractivity contribution in [1.29, 1.82) is 0 Å². The van der Waals surface area contributed by atoms with E-state index in [1.54, 1.807) is 25.1 Å². The number of pyridine rings is 1. The zero-order chi connectivity index (χ0) is 19.3. The van der Waals surface area contributed by atoms with Crippen molar-refractivity contribution in [3.63, 3.8) is 0 Å². The van der Waals surface area contributed by atoms with Crippen molar-refractivity contribution < 1.29 is 13.9 Å². The van der Waals surface area contributed by atoms with E-state index in [0.717, 1.165) is 0 Å². The van der Waals surface area contributed by atoms with Gasteiger partial charge in [0, 0.05) is 26.2 Å². The summed E-state index contributed by atoms with van der Waals surface area (Å²) in [7, 11) is 4.80. The highest BCUT2D eigenvalue weighted by molar-refractivity contribution is 5.94. The molecule has 1 fully saturated rings. The summed E-state index contributed by atoms with van der Waals surface area (Å²) in [6.07, 6.45) is -1.58. The summed E-state index contributed by atoms with van der Waals surface area (Å²) < 4.78 is 18.8. The van der Waals surface area contributed by atoms with Crippen LogP contribution in [0.15, 0.2) is 17.4 Å². The minimum atomic E-state index is -1.30. The normalized spacial score (nSPS) is 23.0. The number of alkyl halides is 1. The highest BCUT2D eigenvalue weighted by Crippen LogP contribution is 2.27. The second-order valence-electron chi connectivity index (χ2n) is 6.02. The zero-order valence-electron chi connectivity index (χ0n) is 14.9. The van der Waals surface area contributed by atoms with Crippen molar-refractivity contribution in [1.82, 2.24) is 15.2 Å². The Labute approximate surface area is 150 Å². The summed E-state index contributed by atoms with van der Waals surface area (Å²) >= 11 is 0. The molecule has 0 spiro atoms. The minimum Gasteiger partial charge on any atom is -0.494 e. The Morgan fingerprint density at radius 2 is 2.35 bits per heavy atom. The van der Waals surface area contributed by atoms with Gasteiger partial charge in [0.25, 0.3) is 0 Å². The number of halogens is 1. The Kier molecular flexibility index (Phi) is 6.77. The van der Waals surface area contributed by atoms with Crippen LogP contribution in [0, 0.1) is 10.8 Å². The van der Waals surface area contributed by atoms with Crippen LogP contribution < -0.4 is 26.4 Å². The number of carbonyl (C=O) groups excluding carboxylic acids is 1. The summed E-state index contributed by atoms with van der Waals surface area (Å²) in [5, 5.41) is 11.2. The molecular formula is C15H24FN7O3. The molecule has 2 rings (SSSR count). The van der Waals surface area contributed by atoms with E-state index < -0.39 is 30.3 Å². The van der Waals surface area contributed by atoms with Gasteiger partial charge in [0.2, 0.25) is 5.91 Å². The topological polar surface area (TPSA) is 134 Å². The molecule has 1 saturated heterocycles. The van der Waals surface area contributed by atoms with Gasteiger partial charge < -0.3 is 21.1 Å². The van der Waals surface area contributed by atoms with Gasteiger partial charge in [0.15, 0.2) is 6.17 Å². The van der Waals surface area contributed by atoms with Gasteiger partial charge in [-0.15, -0.1) is 4.91 Å². The predicted octanol–water partition coefficient (Wildman–Crippen LogP) is -0.0630. The van der Waals surface area contributed by atoms with Gasteiger partial charge >= 0.3 is 0 Å². The number of ether oxygens (including phenoxy) is 1. The summed E-state index contributed by atoms with van der Waals surface area (Å²) in [6, 6.07) is 1.61. The fraction of sp³-hybridized carbons (Fsp3) is 0.600. The molecule has 1 amide bonds. The van der Waals surface area contributed by atoms with Crippen molar-refractivity contribution in [3.8, 4) is 5.75 Å². The molecule has 0 bridgehead atoms. The van der Waals surface area contributed by atoms with Crippen molar-refractivity contribution >= 4 is 17.4 Å². The lowest BCUT2D eigenvalue weighted by Gasteiger charge is -2.39. The Balaban J connectivity index is 2.23. The number of hydrogen-bond acceptors (Lipinski definition) is 9. The van der Waals surface area contributed by atoms with E-state index in [1.807, 2.05) is 0 Å². The first-order valence-electron chi connectivity index (χ1n) is 8.09. The Bertz CT molecular complexity index is 648. The number of hydrogen-bond donors (Lipinski definition) is 4. The molecule has 2 heterocycles. The third kappa shape index (κ3) is 4.42. The van der Waals surface area contributed by atoms with Crippen molar-refractivity contribution in [2.45, 2.75) is 18.5 Å². The molecule has 1 aliphatic heterocycles. The van der Waals surface area contributed by atoms with Gasteiger partial charge in [-0.2, -0.15) is 0 Å². The SMILES string of the molecule is CNc1cc(OC)c(NC(=O)C(C(N)N=O)C2NCC(F)CN2C)cn1.